The molecule has 0 saturated carbocycles. The summed E-state index contributed by atoms with van der Waals surface area (Å²) in [5.74, 6) is 3.61. The predicted molar refractivity (Wildman–Crippen MR) is 70.7 cm³/mol. The van der Waals surface area contributed by atoms with Crippen molar-refractivity contribution in [1.82, 2.24) is 10.2 Å². The van der Waals surface area contributed by atoms with Gasteiger partial charge in [0.05, 0.1) is 0 Å². The summed E-state index contributed by atoms with van der Waals surface area (Å²) in [5.41, 5.74) is 0. The third-order valence-electron chi connectivity index (χ3n) is 4.25. The zero-order chi connectivity index (χ0) is 10.8. The lowest BCUT2D eigenvalue weighted by Crippen LogP contribution is -2.48. The molecule has 1 N–H and O–H groups in total. The third-order valence-corrected chi connectivity index (χ3v) is 5.40. The molecule has 3 heteroatoms. The first kappa shape index (κ1) is 11.0. The molecule has 3 rings (SSSR count). The van der Waals surface area contributed by atoms with Gasteiger partial charge in [-0.1, -0.05) is 6.08 Å². The molecule has 0 aliphatic carbocycles. The SMILES string of the molecule is C1=CN(C2CCSCC2C2CCCN2)CC1. The summed E-state index contributed by atoms with van der Waals surface area (Å²) >= 11 is 2.16. The maximum atomic E-state index is 3.72. The van der Waals surface area contributed by atoms with Crippen LogP contribution in [0.25, 0.3) is 0 Å². The summed E-state index contributed by atoms with van der Waals surface area (Å²) in [4.78, 5) is 2.62. The fourth-order valence-electron chi connectivity index (χ4n) is 3.41. The first-order valence-corrected chi connectivity index (χ1v) is 7.84. The molecule has 2 saturated heterocycles. The number of hydrogen-bond acceptors (Lipinski definition) is 3. The first-order valence-electron chi connectivity index (χ1n) is 6.69. The molecule has 3 atom stereocenters. The highest BCUT2D eigenvalue weighted by Gasteiger charge is 2.36. The quantitative estimate of drug-likeness (QED) is 0.793. The number of rotatable bonds is 2. The van der Waals surface area contributed by atoms with E-state index >= 15 is 0 Å². The second-order valence-electron chi connectivity index (χ2n) is 5.21. The Morgan fingerprint density at radius 3 is 3.06 bits per heavy atom. The molecule has 0 radical (unpaired) electrons. The van der Waals surface area contributed by atoms with E-state index in [2.05, 4.69) is 34.3 Å². The van der Waals surface area contributed by atoms with E-state index in [9.17, 15) is 0 Å². The lowest BCUT2D eigenvalue weighted by atomic mass is 9.89. The van der Waals surface area contributed by atoms with E-state index in [1.54, 1.807) is 0 Å². The van der Waals surface area contributed by atoms with Crippen molar-refractivity contribution in [2.24, 2.45) is 5.92 Å². The van der Waals surface area contributed by atoms with Gasteiger partial charge >= 0.3 is 0 Å². The smallest absolute Gasteiger partial charge is 0.0343 e. The largest absolute Gasteiger partial charge is 0.374 e. The Morgan fingerprint density at radius 1 is 1.31 bits per heavy atom. The van der Waals surface area contributed by atoms with Gasteiger partial charge in [0.2, 0.25) is 0 Å². The van der Waals surface area contributed by atoms with Crippen LogP contribution in [0, 0.1) is 5.92 Å². The van der Waals surface area contributed by atoms with Crippen molar-refractivity contribution in [3.05, 3.63) is 12.3 Å². The van der Waals surface area contributed by atoms with Crippen molar-refractivity contribution in [1.29, 1.82) is 0 Å². The normalized spacial score (nSPS) is 39.5. The lowest BCUT2D eigenvalue weighted by molar-refractivity contribution is 0.187. The summed E-state index contributed by atoms with van der Waals surface area (Å²) in [6, 6.07) is 1.61. The van der Waals surface area contributed by atoms with Crippen molar-refractivity contribution in [3.8, 4) is 0 Å². The predicted octanol–water partition coefficient (Wildman–Crippen LogP) is 2.08. The maximum absolute atomic E-state index is 3.72. The number of nitrogens with one attached hydrogen (secondary N) is 1. The molecule has 3 aliphatic rings. The topological polar surface area (TPSA) is 15.3 Å². The fourth-order valence-corrected chi connectivity index (χ4v) is 4.71. The number of nitrogens with zero attached hydrogens (tertiary/aromatic N) is 1. The summed E-state index contributed by atoms with van der Waals surface area (Å²) in [5, 5.41) is 3.72. The van der Waals surface area contributed by atoms with E-state index in [-0.39, 0.29) is 0 Å². The highest BCUT2D eigenvalue weighted by molar-refractivity contribution is 7.99. The molecule has 0 bridgehead atoms. The first-order chi connectivity index (χ1) is 7.95. The van der Waals surface area contributed by atoms with Gasteiger partial charge in [-0.15, -0.1) is 0 Å². The van der Waals surface area contributed by atoms with Gasteiger partial charge < -0.3 is 10.2 Å². The molecule has 0 spiro atoms. The van der Waals surface area contributed by atoms with Crippen molar-refractivity contribution < 1.29 is 0 Å². The van der Waals surface area contributed by atoms with E-state index in [1.807, 2.05) is 0 Å². The molecule has 0 aromatic heterocycles. The van der Waals surface area contributed by atoms with Crippen LogP contribution in [0.4, 0.5) is 0 Å². The molecule has 2 fully saturated rings. The van der Waals surface area contributed by atoms with Gasteiger partial charge in [-0.3, -0.25) is 0 Å². The molecule has 90 valence electrons. The second kappa shape index (κ2) is 5.01. The molecular formula is C13H22N2S. The van der Waals surface area contributed by atoms with E-state index in [0.717, 1.165) is 18.0 Å². The molecule has 0 amide bonds. The highest BCUT2D eigenvalue weighted by Crippen LogP contribution is 2.33. The Balaban J connectivity index is 1.69. The third kappa shape index (κ3) is 2.12. The minimum absolute atomic E-state index is 0.798. The van der Waals surface area contributed by atoms with Crippen LogP contribution >= 0.6 is 11.8 Å². The molecule has 3 heterocycles. The van der Waals surface area contributed by atoms with Gasteiger partial charge in [-0.2, -0.15) is 11.8 Å². The van der Waals surface area contributed by atoms with Crippen LogP contribution in [0.5, 0.6) is 0 Å². The number of hydrogen-bond donors (Lipinski definition) is 1. The molecule has 16 heavy (non-hydrogen) atoms. The monoisotopic (exact) mass is 238 g/mol. The van der Waals surface area contributed by atoms with Gasteiger partial charge in [0.1, 0.15) is 0 Å². The minimum Gasteiger partial charge on any atom is -0.374 e. The standard InChI is InChI=1S/C13H22N2S/c1-2-8-15(7-1)13-5-9-16-10-11(13)12-4-3-6-14-12/h1,7,11-14H,2-6,8-10H2. The minimum atomic E-state index is 0.798. The number of thioether (sulfide) groups is 1. The van der Waals surface area contributed by atoms with Crippen molar-refractivity contribution >= 4 is 11.8 Å². The summed E-state index contributed by atoms with van der Waals surface area (Å²) < 4.78 is 0. The lowest BCUT2D eigenvalue weighted by Gasteiger charge is -2.40. The fraction of sp³-hybridized carbons (Fsp3) is 0.846. The Labute approximate surface area is 103 Å². The highest BCUT2D eigenvalue weighted by atomic mass is 32.2. The van der Waals surface area contributed by atoms with Crippen LogP contribution in [0.1, 0.15) is 25.7 Å². The Morgan fingerprint density at radius 2 is 2.31 bits per heavy atom. The summed E-state index contributed by atoms with van der Waals surface area (Å²) in [6.07, 6.45) is 10.1. The van der Waals surface area contributed by atoms with Crippen LogP contribution in [0.15, 0.2) is 12.3 Å². The van der Waals surface area contributed by atoms with E-state index in [0.29, 0.717) is 0 Å². The van der Waals surface area contributed by atoms with Crippen LogP contribution in [0.2, 0.25) is 0 Å². The summed E-state index contributed by atoms with van der Waals surface area (Å²) in [6.45, 7) is 2.51. The maximum Gasteiger partial charge on any atom is 0.0343 e. The van der Waals surface area contributed by atoms with Crippen molar-refractivity contribution in [3.63, 3.8) is 0 Å². The molecule has 3 unspecified atom stereocenters. The summed E-state index contributed by atoms with van der Waals surface area (Å²) in [7, 11) is 0. The second-order valence-corrected chi connectivity index (χ2v) is 6.36. The van der Waals surface area contributed by atoms with Gasteiger partial charge in [0, 0.05) is 24.5 Å². The molecule has 0 aromatic rings. The van der Waals surface area contributed by atoms with Crippen molar-refractivity contribution in [2.45, 2.75) is 37.8 Å². The molecule has 0 aromatic carbocycles. The molecular weight excluding hydrogens is 216 g/mol. The average Bonchev–Trinajstić information content (AvgIpc) is 3.03. The van der Waals surface area contributed by atoms with Crippen LogP contribution in [-0.4, -0.2) is 41.6 Å². The Kier molecular flexibility index (Phi) is 3.43. The van der Waals surface area contributed by atoms with E-state index < -0.39 is 0 Å². The Hall–Kier alpha value is -0.150. The van der Waals surface area contributed by atoms with E-state index in [1.165, 1.54) is 50.3 Å². The van der Waals surface area contributed by atoms with E-state index in [4.69, 9.17) is 0 Å². The van der Waals surface area contributed by atoms with Gasteiger partial charge in [-0.25, -0.2) is 0 Å². The van der Waals surface area contributed by atoms with Gasteiger partial charge in [0.15, 0.2) is 0 Å². The van der Waals surface area contributed by atoms with Crippen LogP contribution < -0.4 is 5.32 Å². The Bertz CT molecular complexity index is 261. The van der Waals surface area contributed by atoms with Gasteiger partial charge in [-0.05, 0) is 49.9 Å². The van der Waals surface area contributed by atoms with Crippen LogP contribution in [-0.2, 0) is 0 Å². The van der Waals surface area contributed by atoms with Gasteiger partial charge in [0.25, 0.3) is 0 Å². The van der Waals surface area contributed by atoms with Crippen molar-refractivity contribution in [2.75, 3.05) is 24.6 Å². The average molecular weight is 238 g/mol. The van der Waals surface area contributed by atoms with Crippen LogP contribution in [0.3, 0.4) is 0 Å². The molecule has 2 nitrogen and oxygen atoms in total. The zero-order valence-corrected chi connectivity index (χ0v) is 10.7. The zero-order valence-electron chi connectivity index (χ0n) is 9.90. The molecule has 3 aliphatic heterocycles.